The Labute approximate surface area is 115 Å². The largest absolute Gasteiger partial charge is 0.368 e. The van der Waals surface area contributed by atoms with Crippen LogP contribution < -0.4 is 10.6 Å². The second-order valence-electron chi connectivity index (χ2n) is 4.60. The number of nitrogens with zero attached hydrogens (tertiary/aromatic N) is 1. The van der Waals surface area contributed by atoms with Crippen molar-refractivity contribution in [3.8, 4) is 0 Å². The van der Waals surface area contributed by atoms with Crippen molar-refractivity contribution >= 4 is 28.9 Å². The summed E-state index contributed by atoms with van der Waals surface area (Å²) in [4.78, 5) is 22.3. The molecule has 1 aromatic carbocycles. The number of halogens is 1. The normalized spacial score (nSPS) is 22.7. The van der Waals surface area contributed by atoms with Crippen LogP contribution in [-0.4, -0.2) is 23.4 Å². The van der Waals surface area contributed by atoms with Gasteiger partial charge in [-0.15, -0.1) is 0 Å². The number of piperidine rings is 1. The van der Waals surface area contributed by atoms with Gasteiger partial charge in [-0.1, -0.05) is 18.5 Å². The topological polar surface area (TPSA) is 84.3 Å². The van der Waals surface area contributed by atoms with E-state index in [-0.39, 0.29) is 17.5 Å². The SMILES string of the molecule is C[C@@H]1CCNC(=O)[C@@H]1Nc1ccc(Cl)cc1[N+](=O)[O-]. The lowest BCUT2D eigenvalue weighted by Gasteiger charge is -2.29. The van der Waals surface area contributed by atoms with Gasteiger partial charge in [0.1, 0.15) is 11.7 Å². The van der Waals surface area contributed by atoms with Crippen LogP contribution in [0.2, 0.25) is 5.02 Å². The molecule has 0 aliphatic carbocycles. The molecule has 0 radical (unpaired) electrons. The number of rotatable bonds is 3. The minimum Gasteiger partial charge on any atom is -0.368 e. The molecule has 0 saturated carbocycles. The third-order valence-electron chi connectivity index (χ3n) is 3.22. The van der Waals surface area contributed by atoms with Crippen molar-refractivity contribution in [1.82, 2.24) is 5.32 Å². The van der Waals surface area contributed by atoms with Gasteiger partial charge in [-0.25, -0.2) is 0 Å². The Morgan fingerprint density at radius 3 is 2.89 bits per heavy atom. The van der Waals surface area contributed by atoms with Gasteiger partial charge in [0.25, 0.3) is 5.69 Å². The van der Waals surface area contributed by atoms with E-state index in [0.717, 1.165) is 6.42 Å². The summed E-state index contributed by atoms with van der Waals surface area (Å²) in [6, 6.07) is 3.89. The number of benzene rings is 1. The number of anilines is 1. The molecule has 2 N–H and O–H groups in total. The summed E-state index contributed by atoms with van der Waals surface area (Å²) in [6.07, 6.45) is 0.838. The van der Waals surface area contributed by atoms with Gasteiger partial charge in [-0.05, 0) is 24.5 Å². The van der Waals surface area contributed by atoms with Gasteiger partial charge in [0.05, 0.1) is 4.92 Å². The summed E-state index contributed by atoms with van der Waals surface area (Å²) in [7, 11) is 0. The van der Waals surface area contributed by atoms with E-state index in [4.69, 9.17) is 11.6 Å². The number of nitrogens with one attached hydrogen (secondary N) is 2. The molecule has 2 rings (SSSR count). The zero-order valence-electron chi connectivity index (χ0n) is 10.4. The highest BCUT2D eigenvalue weighted by Gasteiger charge is 2.30. The van der Waals surface area contributed by atoms with Crippen LogP contribution in [0.5, 0.6) is 0 Å². The van der Waals surface area contributed by atoms with Crippen molar-refractivity contribution in [1.29, 1.82) is 0 Å². The molecule has 19 heavy (non-hydrogen) atoms. The lowest BCUT2D eigenvalue weighted by Crippen LogP contribution is -2.49. The zero-order valence-corrected chi connectivity index (χ0v) is 11.1. The highest BCUT2D eigenvalue weighted by Crippen LogP contribution is 2.29. The Kier molecular flexibility index (Phi) is 3.90. The average molecular weight is 284 g/mol. The number of nitro groups is 1. The van der Waals surface area contributed by atoms with Crippen molar-refractivity contribution in [3.63, 3.8) is 0 Å². The van der Waals surface area contributed by atoms with Gasteiger partial charge in [0, 0.05) is 17.6 Å². The maximum absolute atomic E-state index is 11.8. The number of amides is 1. The van der Waals surface area contributed by atoms with E-state index < -0.39 is 11.0 Å². The third kappa shape index (κ3) is 2.96. The lowest BCUT2D eigenvalue weighted by molar-refractivity contribution is -0.384. The Balaban J connectivity index is 2.27. The Hall–Kier alpha value is -1.82. The maximum atomic E-state index is 11.8. The number of carbonyl (C=O) groups excluding carboxylic acids is 1. The van der Waals surface area contributed by atoms with Gasteiger partial charge in [0.2, 0.25) is 5.91 Å². The predicted molar refractivity (Wildman–Crippen MR) is 72.3 cm³/mol. The van der Waals surface area contributed by atoms with Crippen molar-refractivity contribution < 1.29 is 9.72 Å². The monoisotopic (exact) mass is 283 g/mol. The molecular formula is C12H14ClN3O3. The average Bonchev–Trinajstić information content (AvgIpc) is 2.35. The molecule has 1 aliphatic heterocycles. The molecule has 0 aromatic heterocycles. The first-order valence-electron chi connectivity index (χ1n) is 5.97. The van der Waals surface area contributed by atoms with Crippen LogP contribution in [0.4, 0.5) is 11.4 Å². The second kappa shape index (κ2) is 5.44. The first-order valence-corrected chi connectivity index (χ1v) is 6.35. The van der Waals surface area contributed by atoms with Gasteiger partial charge in [0.15, 0.2) is 0 Å². The summed E-state index contributed by atoms with van der Waals surface area (Å²) < 4.78 is 0. The van der Waals surface area contributed by atoms with E-state index >= 15 is 0 Å². The molecule has 6 nitrogen and oxygen atoms in total. The van der Waals surface area contributed by atoms with Crippen molar-refractivity contribution in [2.24, 2.45) is 5.92 Å². The molecule has 1 fully saturated rings. The molecule has 0 spiro atoms. The standard InChI is InChI=1S/C12H14ClN3O3/c1-7-4-5-14-12(17)11(7)15-9-3-2-8(13)6-10(9)16(18)19/h2-3,6-7,11,15H,4-5H2,1H3,(H,14,17)/t7-,11-/m1/s1. The molecule has 1 saturated heterocycles. The molecule has 7 heteroatoms. The molecular weight excluding hydrogens is 270 g/mol. The van der Waals surface area contributed by atoms with Crippen molar-refractivity contribution in [2.45, 2.75) is 19.4 Å². The number of nitro benzene ring substituents is 1. The van der Waals surface area contributed by atoms with Crippen LogP contribution in [0.15, 0.2) is 18.2 Å². The minimum absolute atomic E-state index is 0.115. The number of hydrogen-bond donors (Lipinski definition) is 2. The van der Waals surface area contributed by atoms with E-state index in [0.29, 0.717) is 17.3 Å². The number of carbonyl (C=O) groups is 1. The van der Waals surface area contributed by atoms with Crippen LogP contribution in [0.25, 0.3) is 0 Å². The van der Waals surface area contributed by atoms with E-state index in [1.54, 1.807) is 6.07 Å². The summed E-state index contributed by atoms with van der Waals surface area (Å²) in [5.74, 6) is -0.0213. The Bertz CT molecular complexity index is 521. The summed E-state index contributed by atoms with van der Waals surface area (Å²) >= 11 is 5.75. The summed E-state index contributed by atoms with van der Waals surface area (Å²) in [5.41, 5.74) is 0.182. The lowest BCUT2D eigenvalue weighted by atomic mass is 9.94. The molecule has 1 amide bonds. The predicted octanol–water partition coefficient (Wildman–Crippen LogP) is 2.18. The first-order chi connectivity index (χ1) is 8.99. The fraction of sp³-hybridized carbons (Fsp3) is 0.417. The van der Waals surface area contributed by atoms with Crippen LogP contribution in [0, 0.1) is 16.0 Å². The van der Waals surface area contributed by atoms with E-state index in [1.165, 1.54) is 12.1 Å². The van der Waals surface area contributed by atoms with Crippen LogP contribution >= 0.6 is 11.6 Å². The Morgan fingerprint density at radius 2 is 2.26 bits per heavy atom. The molecule has 1 aromatic rings. The van der Waals surface area contributed by atoms with Gasteiger partial charge in [-0.2, -0.15) is 0 Å². The zero-order chi connectivity index (χ0) is 14.0. The minimum atomic E-state index is -0.514. The van der Waals surface area contributed by atoms with Crippen LogP contribution in [-0.2, 0) is 4.79 Å². The third-order valence-corrected chi connectivity index (χ3v) is 3.45. The molecule has 2 atom stereocenters. The summed E-state index contributed by atoms with van der Waals surface area (Å²) in [5, 5.41) is 17.0. The quantitative estimate of drug-likeness (QED) is 0.658. The van der Waals surface area contributed by atoms with Crippen LogP contribution in [0.1, 0.15) is 13.3 Å². The fourth-order valence-electron chi connectivity index (χ4n) is 2.11. The van der Waals surface area contributed by atoms with Gasteiger partial charge >= 0.3 is 0 Å². The first kappa shape index (κ1) is 13.6. The Morgan fingerprint density at radius 1 is 1.53 bits per heavy atom. The number of hydrogen-bond acceptors (Lipinski definition) is 4. The smallest absolute Gasteiger partial charge is 0.293 e. The molecule has 0 unspecified atom stereocenters. The fourth-order valence-corrected chi connectivity index (χ4v) is 2.28. The van der Waals surface area contributed by atoms with Crippen molar-refractivity contribution in [3.05, 3.63) is 33.3 Å². The highest BCUT2D eigenvalue weighted by atomic mass is 35.5. The molecule has 1 heterocycles. The van der Waals surface area contributed by atoms with E-state index in [1.807, 2.05) is 6.92 Å². The highest BCUT2D eigenvalue weighted by molar-refractivity contribution is 6.30. The second-order valence-corrected chi connectivity index (χ2v) is 5.03. The van der Waals surface area contributed by atoms with Gasteiger partial charge in [-0.3, -0.25) is 14.9 Å². The summed E-state index contributed by atoms with van der Waals surface area (Å²) in [6.45, 7) is 2.58. The maximum Gasteiger partial charge on any atom is 0.293 e. The van der Waals surface area contributed by atoms with E-state index in [9.17, 15) is 14.9 Å². The van der Waals surface area contributed by atoms with Gasteiger partial charge < -0.3 is 10.6 Å². The van der Waals surface area contributed by atoms with E-state index in [2.05, 4.69) is 10.6 Å². The molecule has 102 valence electrons. The molecule has 0 bridgehead atoms. The van der Waals surface area contributed by atoms with Crippen molar-refractivity contribution in [2.75, 3.05) is 11.9 Å². The van der Waals surface area contributed by atoms with Crippen LogP contribution in [0.3, 0.4) is 0 Å². The molecule has 1 aliphatic rings.